The number of rotatable bonds is 2. The van der Waals surface area contributed by atoms with Crippen LogP contribution in [0.5, 0.6) is 0 Å². The molecule has 0 bridgehead atoms. The van der Waals surface area contributed by atoms with E-state index in [2.05, 4.69) is 21.1 Å². The normalized spacial score (nSPS) is 14.3. The zero-order chi connectivity index (χ0) is 6.78. The Morgan fingerprint density at radius 1 is 1.33 bits per heavy atom. The van der Waals surface area contributed by atoms with E-state index in [1.807, 2.05) is 6.92 Å². The Balaban J connectivity index is 0. The maximum absolute atomic E-state index is 8.65. The summed E-state index contributed by atoms with van der Waals surface area (Å²) >= 11 is 0. The number of aliphatic hydroxyl groups excluding tert-OH is 1. The highest BCUT2D eigenvalue weighted by molar-refractivity contribution is 4.41. The monoisotopic (exact) mass is 197 g/mol. The molecule has 0 heterocycles. The van der Waals surface area contributed by atoms with Gasteiger partial charge in [0, 0.05) is 0 Å². The topological polar surface area (TPSA) is 20.2 Å². The van der Waals surface area contributed by atoms with Crippen LogP contribution in [-0.2, 0) is 0 Å². The minimum Gasteiger partial charge on any atom is -1.00 e. The predicted octanol–water partition coefficient (Wildman–Crippen LogP) is -2.92. The maximum atomic E-state index is 8.65. The zero-order valence-electron chi connectivity index (χ0n) is 6.56. The van der Waals surface area contributed by atoms with Crippen molar-refractivity contribution in [2.75, 3.05) is 27.7 Å². The van der Waals surface area contributed by atoms with Gasteiger partial charge >= 0.3 is 0 Å². The van der Waals surface area contributed by atoms with Gasteiger partial charge in [-0.25, -0.2) is 0 Å². The van der Waals surface area contributed by atoms with Crippen LogP contribution in [0.15, 0.2) is 0 Å². The summed E-state index contributed by atoms with van der Waals surface area (Å²) in [4.78, 5) is 0. The molecule has 1 atom stereocenters. The minimum atomic E-state index is 0. The van der Waals surface area contributed by atoms with E-state index in [4.69, 9.17) is 5.11 Å². The fourth-order valence-corrected chi connectivity index (χ4v) is 0.245. The Morgan fingerprint density at radius 3 is 1.67 bits per heavy atom. The van der Waals surface area contributed by atoms with Crippen LogP contribution in [0.25, 0.3) is 0 Å². The van der Waals surface area contributed by atoms with Crippen molar-refractivity contribution >= 4 is 0 Å². The summed E-state index contributed by atoms with van der Waals surface area (Å²) in [7, 11) is 6.21. The molecule has 0 spiro atoms. The van der Waals surface area contributed by atoms with E-state index in [0.717, 1.165) is 4.48 Å². The lowest BCUT2D eigenvalue weighted by Gasteiger charge is -2.29. The summed E-state index contributed by atoms with van der Waals surface area (Å²) in [6.07, 6.45) is 0. The van der Waals surface area contributed by atoms with E-state index < -0.39 is 0 Å². The molecule has 0 aliphatic carbocycles. The molecule has 0 aromatic rings. The van der Waals surface area contributed by atoms with Gasteiger partial charge < -0.3 is 26.6 Å². The molecule has 0 rings (SSSR count). The first kappa shape index (κ1) is 12.1. The lowest BCUT2D eigenvalue weighted by atomic mass is 10.3. The Bertz CT molecular complexity index is 69.9. The van der Waals surface area contributed by atoms with Crippen LogP contribution in [-0.4, -0.2) is 43.4 Å². The average Bonchev–Trinajstić information content (AvgIpc) is 1.62. The van der Waals surface area contributed by atoms with Gasteiger partial charge in [0.1, 0.15) is 6.04 Å². The molecule has 1 N–H and O–H groups in total. The van der Waals surface area contributed by atoms with Crippen LogP contribution < -0.4 is 17.0 Å². The molecule has 0 aromatic carbocycles. The number of likely N-dealkylation sites (N-methyl/N-ethyl adjacent to an activating group) is 1. The van der Waals surface area contributed by atoms with Crippen LogP contribution in [0, 0.1) is 0 Å². The minimum absolute atomic E-state index is 0. The van der Waals surface area contributed by atoms with E-state index in [1.165, 1.54) is 0 Å². The first-order valence-electron chi connectivity index (χ1n) is 2.90. The van der Waals surface area contributed by atoms with Crippen molar-refractivity contribution in [2.24, 2.45) is 0 Å². The highest BCUT2D eigenvalue weighted by Crippen LogP contribution is 1.98. The summed E-state index contributed by atoms with van der Waals surface area (Å²) in [6.45, 7) is 2.30. The van der Waals surface area contributed by atoms with E-state index in [0.29, 0.717) is 6.04 Å². The summed E-state index contributed by atoms with van der Waals surface area (Å²) in [5, 5.41) is 8.65. The van der Waals surface area contributed by atoms with Crippen molar-refractivity contribution in [3.8, 4) is 0 Å². The first-order valence-corrected chi connectivity index (χ1v) is 2.90. The number of halogens is 1. The summed E-state index contributed by atoms with van der Waals surface area (Å²) in [5.41, 5.74) is 0. The van der Waals surface area contributed by atoms with Gasteiger partial charge in [-0.05, 0) is 6.92 Å². The van der Waals surface area contributed by atoms with Gasteiger partial charge in [0.2, 0.25) is 0 Å². The number of hydrogen-bond acceptors (Lipinski definition) is 1. The second kappa shape index (κ2) is 4.25. The quantitative estimate of drug-likeness (QED) is 0.471. The first-order chi connectivity index (χ1) is 3.48. The Hall–Kier alpha value is 0.400. The largest absolute Gasteiger partial charge is 1.00 e. The average molecular weight is 198 g/mol. The summed E-state index contributed by atoms with van der Waals surface area (Å²) in [5.74, 6) is 0. The van der Waals surface area contributed by atoms with Gasteiger partial charge in [-0.3, -0.25) is 0 Å². The zero-order valence-corrected chi connectivity index (χ0v) is 8.14. The van der Waals surface area contributed by atoms with Crippen molar-refractivity contribution in [1.29, 1.82) is 0 Å². The lowest BCUT2D eigenvalue weighted by molar-refractivity contribution is -0.894. The Kier molecular flexibility index (Phi) is 5.72. The molecule has 0 amide bonds. The smallest absolute Gasteiger partial charge is 0.109 e. The molecular formula is C6H16BrNO. The standard InChI is InChI=1S/C6H16NO.BrH/c1-6(5-8)7(2,3)4;/h6,8H,5H2,1-4H3;1H/q+1;/p-1. The fraction of sp³-hybridized carbons (Fsp3) is 1.00. The van der Waals surface area contributed by atoms with Crippen LogP contribution >= 0.6 is 0 Å². The molecule has 58 valence electrons. The Labute approximate surface area is 67.8 Å². The van der Waals surface area contributed by atoms with Gasteiger partial charge in [0.25, 0.3) is 0 Å². The molecular weight excluding hydrogens is 182 g/mol. The van der Waals surface area contributed by atoms with E-state index >= 15 is 0 Å². The van der Waals surface area contributed by atoms with Crippen LogP contribution in [0.3, 0.4) is 0 Å². The van der Waals surface area contributed by atoms with Crippen molar-refractivity contribution in [3.63, 3.8) is 0 Å². The fourth-order valence-electron chi connectivity index (χ4n) is 0.245. The third-order valence-corrected chi connectivity index (χ3v) is 1.59. The highest BCUT2D eigenvalue weighted by Gasteiger charge is 2.15. The summed E-state index contributed by atoms with van der Waals surface area (Å²) in [6, 6.07) is 0.343. The van der Waals surface area contributed by atoms with E-state index in [-0.39, 0.29) is 23.6 Å². The third kappa shape index (κ3) is 4.88. The molecule has 9 heavy (non-hydrogen) atoms. The molecule has 0 saturated heterocycles. The molecule has 3 heteroatoms. The van der Waals surface area contributed by atoms with Gasteiger partial charge in [0.15, 0.2) is 0 Å². The molecule has 0 aliphatic heterocycles. The molecule has 0 radical (unpaired) electrons. The molecule has 0 aliphatic rings. The summed E-state index contributed by atoms with van der Waals surface area (Å²) < 4.78 is 0.830. The second-order valence-corrected chi connectivity index (χ2v) is 3.15. The molecule has 1 unspecified atom stereocenters. The van der Waals surface area contributed by atoms with Gasteiger partial charge in [-0.1, -0.05) is 0 Å². The van der Waals surface area contributed by atoms with Crippen LogP contribution in [0.4, 0.5) is 0 Å². The van der Waals surface area contributed by atoms with Crippen molar-refractivity contribution < 1.29 is 26.6 Å². The molecule has 0 saturated carbocycles. The van der Waals surface area contributed by atoms with Gasteiger partial charge in [0.05, 0.1) is 27.7 Å². The van der Waals surface area contributed by atoms with Crippen molar-refractivity contribution in [1.82, 2.24) is 0 Å². The van der Waals surface area contributed by atoms with Gasteiger partial charge in [-0.2, -0.15) is 0 Å². The molecule has 0 fully saturated rings. The second-order valence-electron chi connectivity index (χ2n) is 3.15. The van der Waals surface area contributed by atoms with Gasteiger partial charge in [-0.15, -0.1) is 0 Å². The lowest BCUT2D eigenvalue weighted by Crippen LogP contribution is -3.00. The molecule has 0 aromatic heterocycles. The Morgan fingerprint density at radius 2 is 1.67 bits per heavy atom. The number of hydrogen-bond donors (Lipinski definition) is 1. The number of quaternary nitrogens is 1. The van der Waals surface area contributed by atoms with Crippen LogP contribution in [0.1, 0.15) is 6.92 Å². The van der Waals surface area contributed by atoms with E-state index in [9.17, 15) is 0 Å². The third-order valence-electron chi connectivity index (χ3n) is 1.59. The number of nitrogens with zero attached hydrogens (tertiary/aromatic N) is 1. The molecule has 2 nitrogen and oxygen atoms in total. The van der Waals surface area contributed by atoms with E-state index in [1.54, 1.807) is 0 Å². The number of aliphatic hydroxyl groups is 1. The maximum Gasteiger partial charge on any atom is 0.109 e. The SMILES string of the molecule is CC(CO)[N+](C)(C)C.[Br-]. The van der Waals surface area contributed by atoms with Crippen molar-refractivity contribution in [2.45, 2.75) is 13.0 Å². The van der Waals surface area contributed by atoms with Crippen LogP contribution in [0.2, 0.25) is 0 Å². The predicted molar refractivity (Wildman–Crippen MR) is 34.6 cm³/mol. The highest BCUT2D eigenvalue weighted by atomic mass is 79.9. The van der Waals surface area contributed by atoms with Crippen molar-refractivity contribution in [3.05, 3.63) is 0 Å².